The number of anilines is 1. The normalized spacial score (nSPS) is 11.5. The van der Waals surface area contributed by atoms with E-state index in [-0.39, 0.29) is 30.9 Å². The monoisotopic (exact) mass is 561 g/mol. The molecule has 2 N–H and O–H groups in total. The maximum Gasteiger partial charge on any atom is 0.254 e. The van der Waals surface area contributed by atoms with Gasteiger partial charge in [-0.1, -0.05) is 78.9 Å². The summed E-state index contributed by atoms with van der Waals surface area (Å²) in [5, 5.41) is 2.37. The molecule has 8 heteroatoms. The topological polar surface area (TPSA) is 92.4 Å². The number of thiazole rings is 1. The average molecular weight is 562 g/mol. The summed E-state index contributed by atoms with van der Waals surface area (Å²) in [5.41, 5.74) is 10.6. The Labute approximate surface area is 243 Å². The lowest BCUT2D eigenvalue weighted by atomic mass is 10.1. The maximum atomic E-state index is 14.0. The first-order valence-corrected chi connectivity index (χ1v) is 14.2. The second kappa shape index (κ2) is 13.0. The number of carbonyl (C=O) groups is 2. The third kappa shape index (κ3) is 7.04. The molecule has 2 heterocycles. The number of amides is 2. The molecule has 0 radical (unpaired) electrons. The molecular formula is C33H31N5O2S. The van der Waals surface area contributed by atoms with E-state index in [4.69, 9.17) is 5.73 Å². The van der Waals surface area contributed by atoms with Crippen molar-refractivity contribution in [1.82, 2.24) is 19.8 Å². The fourth-order valence-electron chi connectivity index (χ4n) is 4.66. The highest BCUT2D eigenvalue weighted by atomic mass is 32.1. The number of pyridine rings is 1. The summed E-state index contributed by atoms with van der Waals surface area (Å²) in [5.74, 6) is -0.399. The van der Waals surface area contributed by atoms with Crippen LogP contribution in [0.25, 0.3) is 11.3 Å². The summed E-state index contributed by atoms with van der Waals surface area (Å²) >= 11 is 1.37. The third-order valence-electron chi connectivity index (χ3n) is 6.91. The highest BCUT2D eigenvalue weighted by Gasteiger charge is 2.27. The van der Waals surface area contributed by atoms with Crippen LogP contribution in [0.15, 0.2) is 115 Å². The molecule has 0 fully saturated rings. The Hall–Kier alpha value is -4.82. The molecule has 0 unspecified atom stereocenters. The number of hydrogen-bond donors (Lipinski definition) is 1. The van der Waals surface area contributed by atoms with E-state index < -0.39 is 0 Å². The Balaban J connectivity index is 1.42. The molecule has 0 bridgehead atoms. The molecule has 0 spiro atoms. The van der Waals surface area contributed by atoms with Crippen LogP contribution in [0.3, 0.4) is 0 Å². The van der Waals surface area contributed by atoms with Gasteiger partial charge >= 0.3 is 0 Å². The van der Waals surface area contributed by atoms with Crippen LogP contribution in [-0.4, -0.2) is 38.1 Å². The van der Waals surface area contributed by atoms with Gasteiger partial charge in [0, 0.05) is 29.2 Å². The summed E-state index contributed by atoms with van der Waals surface area (Å²) in [6, 6.07) is 32.4. The Morgan fingerprint density at radius 3 is 2.17 bits per heavy atom. The van der Waals surface area contributed by atoms with E-state index in [9.17, 15) is 9.59 Å². The Morgan fingerprint density at radius 2 is 1.54 bits per heavy atom. The first-order chi connectivity index (χ1) is 20.0. The first-order valence-electron chi connectivity index (χ1n) is 13.4. The Morgan fingerprint density at radius 1 is 0.854 bits per heavy atom. The number of carbonyl (C=O) groups excluding carboxylic acids is 2. The summed E-state index contributed by atoms with van der Waals surface area (Å²) in [6.07, 6.45) is 1.69. The van der Waals surface area contributed by atoms with Crippen LogP contribution in [-0.2, 0) is 17.9 Å². The largest absolute Gasteiger partial charge is 0.375 e. The zero-order valence-electron chi connectivity index (χ0n) is 22.8. The highest BCUT2D eigenvalue weighted by Crippen LogP contribution is 2.25. The van der Waals surface area contributed by atoms with Gasteiger partial charge in [0.1, 0.15) is 6.54 Å². The van der Waals surface area contributed by atoms with Crippen molar-refractivity contribution in [3.05, 3.63) is 137 Å². The zero-order chi connectivity index (χ0) is 28.6. The first kappa shape index (κ1) is 27.7. The van der Waals surface area contributed by atoms with Gasteiger partial charge in [-0.3, -0.25) is 14.6 Å². The summed E-state index contributed by atoms with van der Waals surface area (Å²) in [4.78, 5) is 40.0. The number of hydrogen-bond acceptors (Lipinski definition) is 6. The van der Waals surface area contributed by atoms with E-state index in [0.29, 0.717) is 22.9 Å². The molecule has 2 aromatic heterocycles. The van der Waals surface area contributed by atoms with Crippen LogP contribution in [0.5, 0.6) is 0 Å². The minimum atomic E-state index is -0.250. The number of aromatic nitrogens is 2. The number of benzene rings is 3. The number of nitrogen functional groups attached to an aromatic ring is 1. The smallest absolute Gasteiger partial charge is 0.254 e. The second-order valence-corrected chi connectivity index (χ2v) is 10.6. The fourth-order valence-corrected chi connectivity index (χ4v) is 5.23. The lowest BCUT2D eigenvalue weighted by molar-refractivity contribution is -0.135. The van der Waals surface area contributed by atoms with Gasteiger partial charge in [-0.25, -0.2) is 4.98 Å². The summed E-state index contributed by atoms with van der Waals surface area (Å²) in [6.45, 7) is 2.55. The van der Waals surface area contributed by atoms with Crippen LogP contribution in [0.4, 0.5) is 5.13 Å². The number of nitrogens with two attached hydrogens (primary N) is 1. The molecule has 0 aliphatic rings. The van der Waals surface area contributed by atoms with Crippen LogP contribution in [0.1, 0.15) is 40.1 Å². The van der Waals surface area contributed by atoms with Crippen molar-refractivity contribution in [2.24, 2.45) is 0 Å². The molecule has 0 aliphatic heterocycles. The van der Waals surface area contributed by atoms with Crippen molar-refractivity contribution < 1.29 is 9.59 Å². The molecule has 7 nitrogen and oxygen atoms in total. The van der Waals surface area contributed by atoms with Crippen molar-refractivity contribution in [3.8, 4) is 11.3 Å². The molecule has 0 aliphatic carbocycles. The van der Waals surface area contributed by atoms with Crippen molar-refractivity contribution in [1.29, 1.82) is 0 Å². The van der Waals surface area contributed by atoms with E-state index in [2.05, 4.69) is 9.97 Å². The average Bonchev–Trinajstić information content (AvgIpc) is 3.46. The highest BCUT2D eigenvalue weighted by molar-refractivity contribution is 7.13. The van der Waals surface area contributed by atoms with Crippen molar-refractivity contribution in [3.63, 3.8) is 0 Å². The zero-order valence-corrected chi connectivity index (χ0v) is 23.6. The Bertz CT molecular complexity index is 1570. The fraction of sp³-hybridized carbons (Fsp3) is 0.152. The predicted molar refractivity (Wildman–Crippen MR) is 163 cm³/mol. The van der Waals surface area contributed by atoms with Crippen molar-refractivity contribution in [2.75, 3.05) is 12.3 Å². The van der Waals surface area contributed by atoms with Crippen molar-refractivity contribution in [2.45, 2.75) is 26.1 Å². The molecule has 5 rings (SSSR count). The molecule has 2 amide bonds. The van der Waals surface area contributed by atoms with E-state index in [1.54, 1.807) is 23.2 Å². The molecule has 0 saturated carbocycles. The van der Waals surface area contributed by atoms with Gasteiger partial charge in [0.05, 0.1) is 24.0 Å². The summed E-state index contributed by atoms with van der Waals surface area (Å²) < 4.78 is 0. The number of nitrogens with zero attached hydrogens (tertiary/aromatic N) is 4. The van der Waals surface area contributed by atoms with Gasteiger partial charge < -0.3 is 15.5 Å². The van der Waals surface area contributed by atoms with Crippen LogP contribution < -0.4 is 5.73 Å². The molecule has 5 aromatic rings. The van der Waals surface area contributed by atoms with Gasteiger partial charge in [0.15, 0.2) is 5.13 Å². The van der Waals surface area contributed by atoms with E-state index >= 15 is 0 Å². The second-order valence-electron chi connectivity index (χ2n) is 9.72. The molecule has 206 valence electrons. The number of rotatable bonds is 10. The van der Waals surface area contributed by atoms with Crippen LogP contribution >= 0.6 is 11.3 Å². The summed E-state index contributed by atoms with van der Waals surface area (Å²) in [7, 11) is 0. The standard InChI is InChI=1S/C33H31N5O2S/c1-24(26-12-6-3-7-13-26)38(20-25-10-4-2-5-11-25)31(39)22-37(21-29-14-8-9-19-35-29)32(40)28-17-15-27(16-18-28)30-23-41-33(34)36-30/h2-19,23-24H,20-22H2,1H3,(H2,34,36)/t24-/m0/s1. The van der Waals surface area contributed by atoms with E-state index in [0.717, 1.165) is 22.4 Å². The predicted octanol–water partition coefficient (Wildman–Crippen LogP) is 6.22. The van der Waals surface area contributed by atoms with Gasteiger partial charge in [-0.15, -0.1) is 11.3 Å². The molecular weight excluding hydrogens is 530 g/mol. The van der Waals surface area contributed by atoms with Crippen molar-refractivity contribution >= 4 is 28.3 Å². The van der Waals surface area contributed by atoms with Gasteiger partial charge in [-0.2, -0.15) is 0 Å². The van der Waals surface area contributed by atoms with Crippen LogP contribution in [0, 0.1) is 0 Å². The molecule has 0 saturated heterocycles. The lowest BCUT2D eigenvalue weighted by Crippen LogP contribution is -2.43. The Kier molecular flexibility index (Phi) is 8.81. The lowest BCUT2D eigenvalue weighted by Gasteiger charge is -2.32. The quantitative estimate of drug-likeness (QED) is 0.219. The van der Waals surface area contributed by atoms with Gasteiger partial charge in [0.25, 0.3) is 5.91 Å². The van der Waals surface area contributed by atoms with Gasteiger partial charge in [-0.05, 0) is 42.3 Å². The van der Waals surface area contributed by atoms with E-state index in [1.165, 1.54) is 11.3 Å². The SMILES string of the molecule is C[C@@H](c1ccccc1)N(Cc1ccccc1)C(=O)CN(Cc1ccccn1)C(=O)c1ccc(-c2csc(N)n2)cc1. The molecule has 41 heavy (non-hydrogen) atoms. The maximum absolute atomic E-state index is 14.0. The van der Waals surface area contributed by atoms with E-state index in [1.807, 2.05) is 108 Å². The van der Waals surface area contributed by atoms with Gasteiger partial charge in [0.2, 0.25) is 5.91 Å². The van der Waals surface area contributed by atoms with Crippen LogP contribution in [0.2, 0.25) is 0 Å². The third-order valence-corrected chi connectivity index (χ3v) is 7.58. The minimum absolute atomic E-state index is 0.0935. The minimum Gasteiger partial charge on any atom is -0.375 e. The molecule has 1 atom stereocenters. The molecule has 3 aromatic carbocycles.